The van der Waals surface area contributed by atoms with Crippen molar-refractivity contribution in [2.75, 3.05) is 14.2 Å². The van der Waals surface area contributed by atoms with Crippen molar-refractivity contribution in [3.8, 4) is 34.3 Å². The number of halogens is 1. The highest BCUT2D eigenvalue weighted by Crippen LogP contribution is 2.31. The largest absolute Gasteiger partial charge is 0.497 e. The Labute approximate surface area is 175 Å². The maximum Gasteiger partial charge on any atom is 0.237 e. The average molecular weight is 430 g/mol. The molecule has 8 nitrogen and oxygen atoms in total. The van der Waals surface area contributed by atoms with E-state index in [4.69, 9.17) is 25.6 Å². The molecular weight excluding hydrogens is 414 g/mol. The summed E-state index contributed by atoms with van der Waals surface area (Å²) >= 11 is 7.46. The van der Waals surface area contributed by atoms with Gasteiger partial charge in [-0.25, -0.2) is 4.98 Å². The summed E-state index contributed by atoms with van der Waals surface area (Å²) in [6.45, 7) is 0. The number of H-pyrrole nitrogens is 1. The van der Waals surface area contributed by atoms with Crippen LogP contribution >= 0.6 is 23.4 Å². The SMILES string of the molecule is COc1cccc(-c2noc(CSc3n[nH]c(-c4cc(Cl)ccc4OC)n3)n2)c1. The van der Waals surface area contributed by atoms with Crippen molar-refractivity contribution < 1.29 is 14.0 Å². The third-order valence-electron chi connectivity index (χ3n) is 4.00. The van der Waals surface area contributed by atoms with Gasteiger partial charge in [-0.1, -0.05) is 40.7 Å². The van der Waals surface area contributed by atoms with Crippen LogP contribution in [0.3, 0.4) is 0 Å². The highest BCUT2D eigenvalue weighted by molar-refractivity contribution is 7.98. The Balaban J connectivity index is 1.46. The monoisotopic (exact) mass is 429 g/mol. The number of hydrogen-bond acceptors (Lipinski definition) is 8. The number of ether oxygens (including phenoxy) is 2. The maximum absolute atomic E-state index is 6.09. The Bertz CT molecular complexity index is 1130. The fraction of sp³-hybridized carbons (Fsp3) is 0.158. The van der Waals surface area contributed by atoms with Crippen molar-refractivity contribution in [1.82, 2.24) is 25.3 Å². The van der Waals surface area contributed by atoms with E-state index < -0.39 is 0 Å². The van der Waals surface area contributed by atoms with Crippen molar-refractivity contribution in [2.24, 2.45) is 0 Å². The van der Waals surface area contributed by atoms with E-state index in [2.05, 4.69) is 25.3 Å². The van der Waals surface area contributed by atoms with E-state index in [0.717, 1.165) is 16.9 Å². The Kier molecular flexibility index (Phi) is 5.68. The van der Waals surface area contributed by atoms with Crippen LogP contribution in [-0.4, -0.2) is 39.5 Å². The molecule has 0 spiro atoms. The zero-order chi connectivity index (χ0) is 20.2. The van der Waals surface area contributed by atoms with Gasteiger partial charge in [0.1, 0.15) is 11.5 Å². The number of aromatic amines is 1. The quantitative estimate of drug-likeness (QED) is 0.429. The number of methoxy groups -OCH3 is 2. The molecular formula is C19H16ClN5O3S. The van der Waals surface area contributed by atoms with Crippen LogP contribution < -0.4 is 9.47 Å². The minimum atomic E-state index is 0.431. The number of thioether (sulfide) groups is 1. The molecule has 0 fully saturated rings. The number of benzene rings is 2. The van der Waals surface area contributed by atoms with E-state index in [9.17, 15) is 0 Å². The number of nitrogens with zero attached hydrogens (tertiary/aromatic N) is 4. The lowest BCUT2D eigenvalue weighted by molar-refractivity contribution is 0.391. The number of hydrogen-bond donors (Lipinski definition) is 1. The Morgan fingerprint density at radius 1 is 1.10 bits per heavy atom. The van der Waals surface area contributed by atoms with Gasteiger partial charge in [-0.15, -0.1) is 5.10 Å². The minimum Gasteiger partial charge on any atom is -0.497 e. The van der Waals surface area contributed by atoms with Crippen molar-refractivity contribution in [3.05, 3.63) is 53.4 Å². The maximum atomic E-state index is 6.09. The van der Waals surface area contributed by atoms with Gasteiger partial charge in [0, 0.05) is 10.6 Å². The van der Waals surface area contributed by atoms with E-state index in [1.54, 1.807) is 32.4 Å². The molecule has 4 aromatic rings. The lowest BCUT2D eigenvalue weighted by Crippen LogP contribution is -1.89. The fourth-order valence-corrected chi connectivity index (χ4v) is 3.42. The lowest BCUT2D eigenvalue weighted by Gasteiger charge is -2.05. The molecule has 2 aromatic carbocycles. The molecule has 10 heteroatoms. The molecule has 0 atom stereocenters. The molecule has 0 saturated heterocycles. The molecule has 2 aromatic heterocycles. The molecule has 2 heterocycles. The van der Waals surface area contributed by atoms with Crippen LogP contribution in [0.4, 0.5) is 0 Å². The van der Waals surface area contributed by atoms with Gasteiger partial charge in [0.25, 0.3) is 0 Å². The first-order chi connectivity index (χ1) is 14.2. The van der Waals surface area contributed by atoms with Crippen LogP contribution in [0, 0.1) is 0 Å². The first kappa shape index (κ1) is 19.3. The molecule has 1 N–H and O–H groups in total. The van der Waals surface area contributed by atoms with Gasteiger partial charge in [0.15, 0.2) is 5.82 Å². The number of rotatable bonds is 7. The van der Waals surface area contributed by atoms with Gasteiger partial charge in [0.2, 0.25) is 16.9 Å². The zero-order valence-corrected chi connectivity index (χ0v) is 17.1. The van der Waals surface area contributed by atoms with Gasteiger partial charge in [-0.2, -0.15) is 4.98 Å². The van der Waals surface area contributed by atoms with E-state index in [0.29, 0.717) is 39.2 Å². The second-order valence-electron chi connectivity index (χ2n) is 5.84. The average Bonchev–Trinajstić information content (AvgIpc) is 3.42. The number of nitrogens with one attached hydrogen (secondary N) is 1. The summed E-state index contributed by atoms with van der Waals surface area (Å²) in [5.74, 6) is 3.35. The molecule has 148 valence electrons. The Morgan fingerprint density at radius 3 is 2.83 bits per heavy atom. The summed E-state index contributed by atoms with van der Waals surface area (Å²) in [5.41, 5.74) is 1.55. The van der Waals surface area contributed by atoms with Crippen LogP contribution in [-0.2, 0) is 5.75 Å². The molecule has 0 unspecified atom stereocenters. The molecule has 0 amide bonds. The van der Waals surface area contributed by atoms with Crippen molar-refractivity contribution in [3.63, 3.8) is 0 Å². The summed E-state index contributed by atoms with van der Waals surface area (Å²) < 4.78 is 15.9. The Morgan fingerprint density at radius 2 is 2.00 bits per heavy atom. The second-order valence-corrected chi connectivity index (χ2v) is 7.22. The van der Waals surface area contributed by atoms with Gasteiger partial charge >= 0.3 is 0 Å². The highest BCUT2D eigenvalue weighted by Gasteiger charge is 2.14. The predicted octanol–water partition coefficient (Wildman–Crippen LogP) is 4.48. The van der Waals surface area contributed by atoms with Crippen molar-refractivity contribution in [1.29, 1.82) is 0 Å². The third kappa shape index (κ3) is 4.36. The van der Waals surface area contributed by atoms with Gasteiger partial charge in [-0.3, -0.25) is 5.10 Å². The first-order valence-corrected chi connectivity index (χ1v) is 9.88. The Hall–Kier alpha value is -3.04. The van der Waals surface area contributed by atoms with Crippen molar-refractivity contribution >= 4 is 23.4 Å². The molecule has 0 aliphatic rings. The van der Waals surface area contributed by atoms with E-state index in [-0.39, 0.29) is 0 Å². The lowest BCUT2D eigenvalue weighted by atomic mass is 10.2. The van der Waals surface area contributed by atoms with Gasteiger partial charge in [-0.05, 0) is 30.3 Å². The van der Waals surface area contributed by atoms with Crippen LogP contribution in [0.2, 0.25) is 5.02 Å². The van der Waals surface area contributed by atoms with E-state index >= 15 is 0 Å². The predicted molar refractivity (Wildman–Crippen MR) is 109 cm³/mol. The van der Waals surface area contributed by atoms with Crippen LogP contribution in [0.15, 0.2) is 52.1 Å². The van der Waals surface area contributed by atoms with Crippen molar-refractivity contribution in [2.45, 2.75) is 10.9 Å². The van der Waals surface area contributed by atoms with E-state index in [1.807, 2.05) is 24.3 Å². The van der Waals surface area contributed by atoms with Crippen LogP contribution in [0.1, 0.15) is 5.89 Å². The summed E-state index contributed by atoms with van der Waals surface area (Å²) in [4.78, 5) is 8.90. The van der Waals surface area contributed by atoms with Crippen LogP contribution in [0.5, 0.6) is 11.5 Å². The summed E-state index contributed by atoms with van der Waals surface area (Å²) in [7, 11) is 3.20. The molecule has 0 aliphatic heterocycles. The van der Waals surface area contributed by atoms with Gasteiger partial charge < -0.3 is 14.0 Å². The topological polar surface area (TPSA) is 99.0 Å². The summed E-state index contributed by atoms with van der Waals surface area (Å²) in [5, 5.41) is 12.3. The van der Waals surface area contributed by atoms with Crippen LogP contribution in [0.25, 0.3) is 22.8 Å². The summed E-state index contributed by atoms with van der Waals surface area (Å²) in [6.07, 6.45) is 0. The standard InChI is InChI=1S/C19H16ClN5O3S/c1-26-13-5-3-4-11(8-13)17-21-16(28-25-17)10-29-19-22-18(23-24-19)14-9-12(20)6-7-15(14)27-2/h3-9H,10H2,1-2H3,(H,22,23,24). The molecule has 0 saturated carbocycles. The normalized spacial score (nSPS) is 10.9. The summed E-state index contributed by atoms with van der Waals surface area (Å²) in [6, 6.07) is 12.8. The third-order valence-corrected chi connectivity index (χ3v) is 5.07. The second kappa shape index (κ2) is 8.54. The molecule has 0 aliphatic carbocycles. The van der Waals surface area contributed by atoms with E-state index in [1.165, 1.54) is 11.8 Å². The first-order valence-electron chi connectivity index (χ1n) is 8.52. The molecule has 0 radical (unpaired) electrons. The highest BCUT2D eigenvalue weighted by atomic mass is 35.5. The minimum absolute atomic E-state index is 0.431. The number of aromatic nitrogens is 5. The zero-order valence-electron chi connectivity index (χ0n) is 15.5. The molecule has 0 bridgehead atoms. The smallest absolute Gasteiger partial charge is 0.237 e. The fourth-order valence-electron chi connectivity index (χ4n) is 2.62. The molecule has 4 rings (SSSR count). The van der Waals surface area contributed by atoms with Gasteiger partial charge in [0.05, 0.1) is 25.5 Å². The molecule has 29 heavy (non-hydrogen) atoms.